The van der Waals surface area contributed by atoms with Crippen molar-refractivity contribution in [3.8, 4) is 0 Å². The van der Waals surface area contributed by atoms with Gasteiger partial charge in [0, 0.05) is 6.42 Å². The maximum absolute atomic E-state index is 12.9. The van der Waals surface area contributed by atoms with E-state index in [9.17, 15) is 19.4 Å². The Morgan fingerprint density at radius 3 is 1.21 bits per heavy atom. The van der Waals surface area contributed by atoms with Crippen molar-refractivity contribution in [3.05, 3.63) is 36.5 Å². The molecule has 396 valence electrons. The number of phosphoric acid groups is 1. The van der Waals surface area contributed by atoms with Crippen LogP contribution in [0.25, 0.3) is 0 Å². The van der Waals surface area contributed by atoms with E-state index in [4.69, 9.17) is 9.05 Å². The molecule has 0 rings (SSSR count). The minimum absolute atomic E-state index is 0.00537. The molecular formula is C58H113N2O6P. The fraction of sp³-hybridized carbons (Fsp3) is 0.879. The van der Waals surface area contributed by atoms with Crippen LogP contribution in [0.15, 0.2) is 36.5 Å². The van der Waals surface area contributed by atoms with Crippen LogP contribution in [0, 0.1) is 0 Å². The summed E-state index contributed by atoms with van der Waals surface area (Å²) >= 11 is 0. The van der Waals surface area contributed by atoms with E-state index in [-0.39, 0.29) is 12.5 Å². The first-order valence-corrected chi connectivity index (χ1v) is 30.3. The van der Waals surface area contributed by atoms with Crippen molar-refractivity contribution in [2.24, 2.45) is 0 Å². The number of nitrogens with one attached hydrogen (secondary N) is 1. The van der Waals surface area contributed by atoms with Crippen LogP contribution in [-0.2, 0) is 18.4 Å². The topological polar surface area (TPSA) is 108 Å². The largest absolute Gasteiger partial charge is 0.756 e. The summed E-state index contributed by atoms with van der Waals surface area (Å²) in [6.45, 7) is 4.65. The van der Waals surface area contributed by atoms with Crippen LogP contribution in [-0.4, -0.2) is 68.5 Å². The van der Waals surface area contributed by atoms with Crippen molar-refractivity contribution in [1.29, 1.82) is 0 Å². The molecule has 0 aliphatic heterocycles. The molecule has 3 atom stereocenters. The molecule has 0 aliphatic rings. The van der Waals surface area contributed by atoms with E-state index < -0.39 is 26.6 Å². The summed E-state index contributed by atoms with van der Waals surface area (Å²) in [5.74, 6) is -0.204. The Balaban J connectivity index is 4.07. The Hall–Kier alpha value is -1.28. The minimum Gasteiger partial charge on any atom is -0.756 e. The van der Waals surface area contributed by atoms with Gasteiger partial charge in [0.2, 0.25) is 5.91 Å². The van der Waals surface area contributed by atoms with Crippen LogP contribution in [0.3, 0.4) is 0 Å². The van der Waals surface area contributed by atoms with Gasteiger partial charge in [-0.1, -0.05) is 249 Å². The Morgan fingerprint density at radius 2 is 0.836 bits per heavy atom. The Kier molecular flexibility index (Phi) is 48.7. The van der Waals surface area contributed by atoms with E-state index in [0.717, 1.165) is 38.5 Å². The number of phosphoric ester groups is 1. The first kappa shape index (κ1) is 65.7. The maximum atomic E-state index is 12.9. The van der Waals surface area contributed by atoms with Crippen LogP contribution < -0.4 is 10.2 Å². The monoisotopic (exact) mass is 965 g/mol. The molecule has 1 amide bonds. The Labute approximate surface area is 417 Å². The number of carbonyl (C=O) groups excluding carboxylic acids is 1. The summed E-state index contributed by atoms with van der Waals surface area (Å²) in [7, 11) is 1.25. The predicted molar refractivity (Wildman–Crippen MR) is 288 cm³/mol. The number of likely N-dealkylation sites (N-methyl/N-ethyl adjacent to an activating group) is 1. The lowest BCUT2D eigenvalue weighted by Gasteiger charge is -2.29. The molecule has 0 aromatic carbocycles. The molecule has 8 nitrogen and oxygen atoms in total. The van der Waals surface area contributed by atoms with E-state index >= 15 is 0 Å². The van der Waals surface area contributed by atoms with Crippen molar-refractivity contribution in [1.82, 2.24) is 5.32 Å². The van der Waals surface area contributed by atoms with E-state index in [0.29, 0.717) is 17.4 Å². The third-order valence-corrected chi connectivity index (χ3v) is 14.0. The van der Waals surface area contributed by atoms with E-state index in [1.807, 2.05) is 27.2 Å². The second-order valence-electron chi connectivity index (χ2n) is 21.0. The molecule has 0 saturated carbocycles. The molecule has 0 aromatic heterocycles. The molecule has 0 heterocycles. The standard InChI is InChI=1S/C58H113N2O6P/c1-6-8-10-12-14-16-18-20-22-23-24-25-26-27-28-29-30-31-32-33-34-35-36-37-38-40-42-44-46-48-50-52-58(62)59-56(55-66-67(63,64)65-54-53-60(3,4)5)57(61)51-49-47-45-43-41-39-21-19-17-15-13-11-9-7-2/h27-28,41,43,49,51,56-57,61H,6-26,29-40,42,44-48,50,52-55H2,1-5H3,(H-,59,62,63,64)/b28-27-,43-41+,51-49+. The van der Waals surface area contributed by atoms with Crippen LogP contribution in [0.4, 0.5) is 0 Å². The number of hydrogen-bond acceptors (Lipinski definition) is 6. The lowest BCUT2D eigenvalue weighted by molar-refractivity contribution is -0.870. The number of unbranched alkanes of at least 4 members (excludes halogenated alkanes) is 36. The van der Waals surface area contributed by atoms with Gasteiger partial charge >= 0.3 is 0 Å². The molecule has 0 bridgehead atoms. The number of quaternary nitrogens is 1. The van der Waals surface area contributed by atoms with Gasteiger partial charge in [0.15, 0.2) is 0 Å². The summed E-state index contributed by atoms with van der Waals surface area (Å²) in [6.07, 6.45) is 63.8. The van der Waals surface area contributed by atoms with Gasteiger partial charge in [-0.15, -0.1) is 0 Å². The van der Waals surface area contributed by atoms with Gasteiger partial charge in [0.25, 0.3) is 7.82 Å². The zero-order chi connectivity index (χ0) is 49.2. The van der Waals surface area contributed by atoms with Gasteiger partial charge in [0.1, 0.15) is 13.2 Å². The van der Waals surface area contributed by atoms with Crippen molar-refractivity contribution >= 4 is 13.7 Å². The third kappa shape index (κ3) is 52.4. The molecule has 2 N–H and O–H groups in total. The highest BCUT2D eigenvalue weighted by Gasteiger charge is 2.23. The zero-order valence-corrected chi connectivity index (χ0v) is 46.0. The zero-order valence-electron chi connectivity index (χ0n) is 45.1. The van der Waals surface area contributed by atoms with E-state index in [1.165, 1.54) is 218 Å². The van der Waals surface area contributed by atoms with Crippen LogP contribution in [0.2, 0.25) is 0 Å². The highest BCUT2D eigenvalue weighted by atomic mass is 31.2. The quantitative estimate of drug-likeness (QED) is 0.0272. The fourth-order valence-corrected chi connectivity index (χ4v) is 9.24. The highest BCUT2D eigenvalue weighted by Crippen LogP contribution is 2.38. The number of aliphatic hydroxyl groups is 1. The summed E-state index contributed by atoms with van der Waals surface area (Å²) in [4.78, 5) is 25.4. The number of allylic oxidation sites excluding steroid dienone is 5. The van der Waals surface area contributed by atoms with Crippen LogP contribution >= 0.6 is 7.82 Å². The summed E-state index contributed by atoms with van der Waals surface area (Å²) in [5.41, 5.74) is 0. The normalized spacial score (nSPS) is 14.2. The number of hydrogen-bond donors (Lipinski definition) is 2. The molecule has 0 spiro atoms. The smallest absolute Gasteiger partial charge is 0.268 e. The Morgan fingerprint density at radius 1 is 0.507 bits per heavy atom. The molecule has 0 aliphatic carbocycles. The number of aliphatic hydroxyl groups excluding tert-OH is 1. The van der Waals surface area contributed by atoms with Gasteiger partial charge < -0.3 is 28.8 Å². The number of amides is 1. The van der Waals surface area contributed by atoms with Gasteiger partial charge in [-0.05, 0) is 57.8 Å². The summed E-state index contributed by atoms with van der Waals surface area (Å²) in [5, 5.41) is 13.8. The molecule has 0 saturated heterocycles. The number of rotatable bonds is 53. The van der Waals surface area contributed by atoms with Gasteiger partial charge in [-0.2, -0.15) is 0 Å². The molecule has 3 unspecified atom stereocenters. The average molecular weight is 966 g/mol. The number of nitrogens with zero attached hydrogens (tertiary/aromatic N) is 1. The summed E-state index contributed by atoms with van der Waals surface area (Å²) < 4.78 is 23.3. The maximum Gasteiger partial charge on any atom is 0.268 e. The molecule has 67 heavy (non-hydrogen) atoms. The van der Waals surface area contributed by atoms with Crippen molar-refractivity contribution in [2.75, 3.05) is 40.9 Å². The first-order valence-electron chi connectivity index (χ1n) is 28.9. The molecular weight excluding hydrogens is 852 g/mol. The third-order valence-electron chi connectivity index (χ3n) is 13.1. The highest BCUT2D eigenvalue weighted by molar-refractivity contribution is 7.45. The van der Waals surface area contributed by atoms with Crippen molar-refractivity contribution in [3.63, 3.8) is 0 Å². The lowest BCUT2D eigenvalue weighted by Crippen LogP contribution is -2.45. The van der Waals surface area contributed by atoms with Crippen LogP contribution in [0.5, 0.6) is 0 Å². The predicted octanol–water partition coefficient (Wildman–Crippen LogP) is 16.7. The SMILES string of the molecule is CCCCCCCCCC/C=C/CC/C=C/C(O)C(COP(=O)([O-])OCC[N+](C)(C)C)NC(=O)CCCCCCCCCCCCCCCCC/C=C\CCCCCCCCCCCCCC. The van der Waals surface area contributed by atoms with Crippen molar-refractivity contribution < 1.29 is 32.9 Å². The van der Waals surface area contributed by atoms with E-state index in [2.05, 4.69) is 43.5 Å². The molecule has 0 radical (unpaired) electrons. The van der Waals surface area contributed by atoms with Crippen molar-refractivity contribution in [2.45, 2.75) is 289 Å². The minimum atomic E-state index is -4.60. The number of carbonyl (C=O) groups is 1. The lowest BCUT2D eigenvalue weighted by atomic mass is 10.0. The van der Waals surface area contributed by atoms with Crippen LogP contribution in [0.1, 0.15) is 277 Å². The van der Waals surface area contributed by atoms with E-state index in [1.54, 1.807) is 6.08 Å². The molecule has 0 fully saturated rings. The molecule has 9 heteroatoms. The average Bonchev–Trinajstić information content (AvgIpc) is 3.29. The second-order valence-corrected chi connectivity index (χ2v) is 22.4. The molecule has 0 aromatic rings. The summed E-state index contributed by atoms with van der Waals surface area (Å²) in [6, 6.07) is -0.901. The van der Waals surface area contributed by atoms with Gasteiger partial charge in [-0.25, -0.2) is 0 Å². The first-order chi connectivity index (χ1) is 32.5. The van der Waals surface area contributed by atoms with Gasteiger partial charge in [-0.3, -0.25) is 9.36 Å². The Bertz CT molecular complexity index is 1190. The second kappa shape index (κ2) is 49.7. The van der Waals surface area contributed by atoms with Gasteiger partial charge in [0.05, 0.1) is 39.9 Å². The fourth-order valence-electron chi connectivity index (χ4n) is 8.52.